The molecule has 106 valence electrons. The van der Waals surface area contributed by atoms with Gasteiger partial charge in [0.2, 0.25) is 5.56 Å². The second kappa shape index (κ2) is 5.34. The Morgan fingerprint density at radius 3 is 2.57 bits per heavy atom. The number of rotatable bonds is 3. The van der Waals surface area contributed by atoms with Gasteiger partial charge in [-0.15, -0.1) is 0 Å². The van der Waals surface area contributed by atoms with E-state index in [-0.39, 0.29) is 17.9 Å². The minimum absolute atomic E-state index is 0.207. The Labute approximate surface area is 119 Å². The molecule has 5 nitrogen and oxygen atoms in total. The Balaban J connectivity index is 2.21. The van der Waals surface area contributed by atoms with Gasteiger partial charge in [0.15, 0.2) is 0 Å². The summed E-state index contributed by atoms with van der Waals surface area (Å²) in [5, 5.41) is 7.13. The van der Waals surface area contributed by atoms with E-state index in [4.69, 9.17) is 5.73 Å². The molecule has 21 heavy (non-hydrogen) atoms. The third-order valence-electron chi connectivity index (χ3n) is 3.23. The number of H-pyrrole nitrogens is 2. The number of benzene rings is 1. The van der Waals surface area contributed by atoms with Crippen molar-refractivity contribution in [3.8, 4) is 22.4 Å². The maximum atomic E-state index is 13.1. The molecule has 0 bridgehead atoms. The highest BCUT2D eigenvalue weighted by atomic mass is 19.1. The molecule has 3 aromatic rings. The van der Waals surface area contributed by atoms with E-state index in [1.807, 2.05) is 0 Å². The number of hydrogen-bond acceptors (Lipinski definition) is 3. The lowest BCUT2D eigenvalue weighted by molar-refractivity contribution is 0.628. The number of nitrogens with zero attached hydrogens (tertiary/aromatic N) is 1. The van der Waals surface area contributed by atoms with Crippen molar-refractivity contribution in [2.24, 2.45) is 5.73 Å². The van der Waals surface area contributed by atoms with Crippen LogP contribution >= 0.6 is 0 Å². The normalized spacial score (nSPS) is 10.8. The van der Waals surface area contributed by atoms with Crippen LogP contribution < -0.4 is 11.3 Å². The summed E-state index contributed by atoms with van der Waals surface area (Å²) in [6.07, 6.45) is 1.57. The molecule has 2 aromatic heterocycles. The average Bonchev–Trinajstić information content (AvgIpc) is 2.92. The molecule has 1 aromatic carbocycles. The van der Waals surface area contributed by atoms with E-state index in [1.165, 1.54) is 18.2 Å². The number of hydrogen-bond donors (Lipinski definition) is 3. The molecule has 0 radical (unpaired) electrons. The van der Waals surface area contributed by atoms with Crippen molar-refractivity contribution in [1.82, 2.24) is 15.2 Å². The number of aromatic amines is 2. The summed E-state index contributed by atoms with van der Waals surface area (Å²) >= 11 is 0. The highest BCUT2D eigenvalue weighted by Gasteiger charge is 2.16. The molecule has 0 atom stereocenters. The zero-order valence-electron chi connectivity index (χ0n) is 11.1. The van der Waals surface area contributed by atoms with Crippen molar-refractivity contribution in [3.05, 3.63) is 64.5 Å². The van der Waals surface area contributed by atoms with Crippen LogP contribution in [0.2, 0.25) is 0 Å². The Kier molecular flexibility index (Phi) is 3.37. The molecule has 0 spiro atoms. The maximum absolute atomic E-state index is 13.1. The minimum Gasteiger partial charge on any atom is -0.329 e. The summed E-state index contributed by atoms with van der Waals surface area (Å²) in [5.41, 5.74) is 9.11. The Morgan fingerprint density at radius 2 is 1.90 bits per heavy atom. The number of aromatic nitrogens is 3. The fourth-order valence-corrected chi connectivity index (χ4v) is 2.25. The van der Waals surface area contributed by atoms with Crippen LogP contribution in [0.3, 0.4) is 0 Å². The molecule has 0 unspecified atom stereocenters. The van der Waals surface area contributed by atoms with Crippen LogP contribution in [0.25, 0.3) is 22.4 Å². The van der Waals surface area contributed by atoms with Gasteiger partial charge in [0.1, 0.15) is 11.5 Å². The smallest absolute Gasteiger partial charge is 0.248 e. The molecule has 4 N–H and O–H groups in total. The van der Waals surface area contributed by atoms with Crippen LogP contribution in [0.1, 0.15) is 5.69 Å². The largest absolute Gasteiger partial charge is 0.329 e. The van der Waals surface area contributed by atoms with Crippen molar-refractivity contribution in [3.63, 3.8) is 0 Å². The summed E-state index contributed by atoms with van der Waals surface area (Å²) in [4.78, 5) is 14.1. The van der Waals surface area contributed by atoms with Gasteiger partial charge in [-0.3, -0.25) is 9.89 Å². The van der Waals surface area contributed by atoms with E-state index in [0.29, 0.717) is 11.3 Å². The third-order valence-corrected chi connectivity index (χ3v) is 3.23. The first-order chi connectivity index (χ1) is 10.2. The van der Waals surface area contributed by atoms with E-state index in [1.54, 1.807) is 24.4 Å². The molecular formula is C15H13FN4O. The van der Waals surface area contributed by atoms with E-state index >= 15 is 0 Å². The van der Waals surface area contributed by atoms with Crippen LogP contribution in [0, 0.1) is 5.82 Å². The zero-order valence-corrected chi connectivity index (χ0v) is 11.1. The first-order valence-electron chi connectivity index (χ1n) is 6.41. The van der Waals surface area contributed by atoms with Gasteiger partial charge < -0.3 is 10.7 Å². The summed E-state index contributed by atoms with van der Waals surface area (Å²) < 4.78 is 13.1. The monoisotopic (exact) mass is 284 g/mol. The predicted octanol–water partition coefficient (Wildman–Crippen LogP) is 2.03. The fraction of sp³-hybridized carbons (Fsp3) is 0.0667. The highest BCUT2D eigenvalue weighted by molar-refractivity contribution is 5.82. The Morgan fingerprint density at radius 1 is 1.14 bits per heavy atom. The highest BCUT2D eigenvalue weighted by Crippen LogP contribution is 2.32. The molecular weight excluding hydrogens is 271 g/mol. The molecule has 0 aliphatic heterocycles. The zero-order chi connectivity index (χ0) is 14.8. The predicted molar refractivity (Wildman–Crippen MR) is 77.9 cm³/mol. The first-order valence-corrected chi connectivity index (χ1v) is 6.41. The standard InChI is InChI=1S/C15H13FN4O/c16-11-3-1-9(2-4-11)15-14(12(8-17)19-20-15)10-5-6-18-13(21)7-10/h1-7H,8,17H2,(H,18,21)(H,19,20). The quantitative estimate of drug-likeness (QED) is 0.687. The van der Waals surface area contributed by atoms with Crippen molar-refractivity contribution in [1.29, 1.82) is 0 Å². The molecule has 0 saturated heterocycles. The Bertz CT molecular complexity index is 820. The van der Waals surface area contributed by atoms with Crippen molar-refractivity contribution < 1.29 is 4.39 Å². The Hall–Kier alpha value is -2.73. The number of nitrogens with one attached hydrogen (secondary N) is 2. The summed E-state index contributed by atoms with van der Waals surface area (Å²) in [5.74, 6) is -0.314. The van der Waals surface area contributed by atoms with Crippen molar-refractivity contribution in [2.75, 3.05) is 0 Å². The van der Waals surface area contributed by atoms with Crippen molar-refractivity contribution in [2.45, 2.75) is 6.54 Å². The van der Waals surface area contributed by atoms with Gasteiger partial charge in [-0.1, -0.05) is 0 Å². The van der Waals surface area contributed by atoms with E-state index in [0.717, 1.165) is 16.8 Å². The molecule has 0 aliphatic rings. The van der Waals surface area contributed by atoms with Crippen LogP contribution in [-0.2, 0) is 6.54 Å². The lowest BCUT2D eigenvalue weighted by atomic mass is 10.00. The van der Waals surface area contributed by atoms with Crippen LogP contribution in [-0.4, -0.2) is 15.2 Å². The second-order valence-corrected chi connectivity index (χ2v) is 4.58. The maximum Gasteiger partial charge on any atom is 0.248 e. The van der Waals surface area contributed by atoms with Crippen molar-refractivity contribution >= 4 is 0 Å². The fourth-order valence-electron chi connectivity index (χ4n) is 2.25. The second-order valence-electron chi connectivity index (χ2n) is 4.58. The van der Waals surface area contributed by atoms with Gasteiger partial charge in [0.05, 0.1) is 5.69 Å². The molecule has 0 fully saturated rings. The van der Waals surface area contributed by atoms with Gasteiger partial charge in [-0.05, 0) is 35.9 Å². The summed E-state index contributed by atoms with van der Waals surface area (Å²) in [6.45, 7) is 0.260. The van der Waals surface area contributed by atoms with E-state index in [2.05, 4.69) is 15.2 Å². The number of halogens is 1. The number of pyridine rings is 1. The molecule has 0 aliphatic carbocycles. The van der Waals surface area contributed by atoms with Gasteiger partial charge >= 0.3 is 0 Å². The topological polar surface area (TPSA) is 87.6 Å². The molecule has 2 heterocycles. The SMILES string of the molecule is NCc1[nH]nc(-c2ccc(F)cc2)c1-c1cc[nH]c(=O)c1. The molecule has 0 amide bonds. The van der Waals surface area contributed by atoms with E-state index < -0.39 is 0 Å². The minimum atomic E-state index is -0.314. The van der Waals surface area contributed by atoms with Gasteiger partial charge in [0, 0.05) is 29.9 Å². The lowest BCUT2D eigenvalue weighted by Crippen LogP contribution is -2.04. The first kappa shape index (κ1) is 13.3. The third kappa shape index (κ3) is 2.48. The average molecular weight is 284 g/mol. The van der Waals surface area contributed by atoms with Gasteiger partial charge in [0.25, 0.3) is 0 Å². The molecule has 6 heteroatoms. The summed E-state index contributed by atoms with van der Waals surface area (Å²) in [6, 6.07) is 9.28. The number of nitrogens with two attached hydrogens (primary N) is 1. The van der Waals surface area contributed by atoms with E-state index in [9.17, 15) is 9.18 Å². The summed E-state index contributed by atoms with van der Waals surface area (Å²) in [7, 11) is 0. The van der Waals surface area contributed by atoms with Crippen LogP contribution in [0.15, 0.2) is 47.4 Å². The van der Waals surface area contributed by atoms with Gasteiger partial charge in [-0.25, -0.2) is 4.39 Å². The molecule has 3 rings (SSSR count). The molecule has 0 saturated carbocycles. The van der Waals surface area contributed by atoms with Crippen LogP contribution in [0.5, 0.6) is 0 Å². The lowest BCUT2D eigenvalue weighted by Gasteiger charge is -2.05. The van der Waals surface area contributed by atoms with Gasteiger partial charge in [-0.2, -0.15) is 5.10 Å². The van der Waals surface area contributed by atoms with Crippen LogP contribution in [0.4, 0.5) is 4.39 Å².